The highest BCUT2D eigenvalue weighted by atomic mass is 32.1. The van der Waals surface area contributed by atoms with Gasteiger partial charge in [-0.1, -0.05) is 13.0 Å². The first-order valence-electron chi connectivity index (χ1n) is 6.23. The summed E-state index contributed by atoms with van der Waals surface area (Å²) < 4.78 is 0. The van der Waals surface area contributed by atoms with Gasteiger partial charge in [0.05, 0.1) is 15.6 Å². The number of anilines is 1. The Morgan fingerprint density at radius 1 is 1.47 bits per heavy atom. The number of pyridine rings is 1. The fraction of sp³-hybridized carbons (Fsp3) is 0.286. The average molecular weight is 275 g/mol. The van der Waals surface area contributed by atoms with Crippen molar-refractivity contribution in [2.75, 3.05) is 12.3 Å². The molecule has 0 unspecified atom stereocenters. The van der Waals surface area contributed by atoms with Gasteiger partial charge < -0.3 is 11.1 Å². The van der Waals surface area contributed by atoms with Gasteiger partial charge in [0.1, 0.15) is 0 Å². The van der Waals surface area contributed by atoms with Crippen molar-refractivity contribution >= 4 is 22.2 Å². The number of hydrogen-bond donors (Lipinski definition) is 2. The Kier molecular flexibility index (Phi) is 4.16. The van der Waals surface area contributed by atoms with Crippen LogP contribution in [0.25, 0.3) is 11.3 Å². The minimum atomic E-state index is -0.0572. The summed E-state index contributed by atoms with van der Waals surface area (Å²) in [6, 6.07) is 5.67. The average Bonchev–Trinajstić information content (AvgIpc) is 2.72. The number of thiophene rings is 1. The molecule has 5 heteroatoms. The quantitative estimate of drug-likeness (QED) is 0.901. The lowest BCUT2D eigenvalue weighted by atomic mass is 10.1. The number of amides is 1. The molecule has 0 aromatic carbocycles. The Hall–Kier alpha value is -1.88. The summed E-state index contributed by atoms with van der Waals surface area (Å²) in [6.07, 6.45) is 2.64. The molecule has 0 aliphatic rings. The fourth-order valence-electron chi connectivity index (χ4n) is 1.90. The summed E-state index contributed by atoms with van der Waals surface area (Å²) in [4.78, 5) is 17.0. The molecule has 0 aliphatic heterocycles. The smallest absolute Gasteiger partial charge is 0.261 e. The van der Waals surface area contributed by atoms with Crippen LogP contribution < -0.4 is 11.1 Å². The molecule has 3 N–H and O–H groups in total. The lowest BCUT2D eigenvalue weighted by Crippen LogP contribution is -2.23. The zero-order valence-electron chi connectivity index (χ0n) is 11.1. The van der Waals surface area contributed by atoms with Gasteiger partial charge in [-0.25, -0.2) is 0 Å². The fourth-order valence-corrected chi connectivity index (χ4v) is 2.90. The largest absolute Gasteiger partial charge is 0.390 e. The maximum Gasteiger partial charge on any atom is 0.261 e. The van der Waals surface area contributed by atoms with Crippen LogP contribution in [-0.4, -0.2) is 17.4 Å². The number of nitrogens with zero attached hydrogens (tertiary/aromatic N) is 1. The van der Waals surface area contributed by atoms with Gasteiger partial charge in [0, 0.05) is 18.3 Å². The van der Waals surface area contributed by atoms with E-state index in [0.717, 1.165) is 23.2 Å². The highest BCUT2D eigenvalue weighted by molar-refractivity contribution is 7.18. The summed E-state index contributed by atoms with van der Waals surface area (Å²) >= 11 is 1.32. The number of nitrogens with one attached hydrogen (secondary N) is 1. The van der Waals surface area contributed by atoms with Gasteiger partial charge in [-0.2, -0.15) is 0 Å². The van der Waals surface area contributed by atoms with Gasteiger partial charge in [-0.15, -0.1) is 11.3 Å². The summed E-state index contributed by atoms with van der Waals surface area (Å²) in [5.74, 6) is -0.0572. The first-order chi connectivity index (χ1) is 9.15. The van der Waals surface area contributed by atoms with Crippen LogP contribution in [0, 0.1) is 6.92 Å². The highest BCUT2D eigenvalue weighted by Crippen LogP contribution is 2.37. The molecule has 1 amide bonds. The van der Waals surface area contributed by atoms with Gasteiger partial charge in [0.15, 0.2) is 0 Å². The van der Waals surface area contributed by atoms with E-state index in [2.05, 4.69) is 10.3 Å². The van der Waals surface area contributed by atoms with E-state index in [4.69, 9.17) is 5.73 Å². The third-order valence-electron chi connectivity index (χ3n) is 2.84. The molecule has 0 aliphatic carbocycles. The van der Waals surface area contributed by atoms with Crippen LogP contribution in [-0.2, 0) is 0 Å². The molecular weight excluding hydrogens is 258 g/mol. The van der Waals surface area contributed by atoms with E-state index in [1.54, 1.807) is 6.20 Å². The van der Waals surface area contributed by atoms with Gasteiger partial charge in [0.2, 0.25) is 0 Å². The Bertz CT molecular complexity index is 578. The number of rotatable bonds is 4. The van der Waals surface area contributed by atoms with Crippen LogP contribution >= 0.6 is 11.3 Å². The van der Waals surface area contributed by atoms with Gasteiger partial charge >= 0.3 is 0 Å². The second kappa shape index (κ2) is 5.84. The summed E-state index contributed by atoms with van der Waals surface area (Å²) in [7, 11) is 0. The first kappa shape index (κ1) is 13.5. The van der Waals surface area contributed by atoms with Crippen molar-refractivity contribution in [1.82, 2.24) is 10.3 Å². The monoisotopic (exact) mass is 275 g/mol. The van der Waals surface area contributed by atoms with Crippen molar-refractivity contribution < 1.29 is 4.79 Å². The van der Waals surface area contributed by atoms with E-state index in [9.17, 15) is 4.79 Å². The Labute approximate surface area is 116 Å². The van der Waals surface area contributed by atoms with Crippen molar-refractivity contribution in [3.63, 3.8) is 0 Å². The molecule has 2 rings (SSSR count). The van der Waals surface area contributed by atoms with Crippen molar-refractivity contribution in [1.29, 1.82) is 0 Å². The molecule has 2 aromatic heterocycles. The topological polar surface area (TPSA) is 68.0 Å². The van der Waals surface area contributed by atoms with E-state index in [0.29, 0.717) is 16.4 Å². The Balaban J connectivity index is 2.38. The van der Waals surface area contributed by atoms with E-state index in [1.807, 2.05) is 32.0 Å². The van der Waals surface area contributed by atoms with Crippen molar-refractivity contribution in [2.45, 2.75) is 20.3 Å². The van der Waals surface area contributed by atoms with E-state index in [1.165, 1.54) is 11.3 Å². The molecule has 19 heavy (non-hydrogen) atoms. The SMILES string of the molecule is CCCNC(=O)c1sc(N)c(-c2ccccn2)c1C. The second-order valence-electron chi connectivity index (χ2n) is 4.27. The molecule has 0 bridgehead atoms. The number of hydrogen-bond acceptors (Lipinski definition) is 4. The first-order valence-corrected chi connectivity index (χ1v) is 7.05. The number of nitrogens with two attached hydrogens (primary N) is 1. The van der Waals surface area contributed by atoms with Crippen LogP contribution in [0.1, 0.15) is 28.6 Å². The molecule has 0 fully saturated rings. The standard InChI is InChI=1S/C14H17N3OS/c1-3-7-17-14(18)12-9(2)11(13(15)19-12)10-6-4-5-8-16-10/h4-6,8H,3,7,15H2,1-2H3,(H,17,18). The van der Waals surface area contributed by atoms with Gasteiger partial charge in [0.25, 0.3) is 5.91 Å². The number of carbonyl (C=O) groups excluding carboxylic acids is 1. The molecular formula is C14H17N3OS. The van der Waals surface area contributed by atoms with Crippen molar-refractivity contribution in [2.24, 2.45) is 0 Å². The number of aromatic nitrogens is 1. The lowest BCUT2D eigenvalue weighted by Gasteiger charge is -2.03. The predicted octanol–water partition coefficient (Wildman–Crippen LogP) is 2.84. The molecule has 0 atom stereocenters. The second-order valence-corrected chi connectivity index (χ2v) is 5.32. The zero-order chi connectivity index (χ0) is 13.8. The minimum Gasteiger partial charge on any atom is -0.390 e. The van der Waals surface area contributed by atoms with Gasteiger partial charge in [-0.05, 0) is 31.0 Å². The van der Waals surface area contributed by atoms with Crippen LogP contribution in [0.5, 0.6) is 0 Å². The van der Waals surface area contributed by atoms with E-state index in [-0.39, 0.29) is 5.91 Å². The maximum absolute atomic E-state index is 12.0. The lowest BCUT2D eigenvalue weighted by molar-refractivity contribution is 0.0957. The molecule has 0 radical (unpaired) electrons. The number of carbonyl (C=O) groups is 1. The third-order valence-corrected chi connectivity index (χ3v) is 3.96. The molecule has 2 heterocycles. The highest BCUT2D eigenvalue weighted by Gasteiger charge is 2.19. The molecule has 0 saturated carbocycles. The van der Waals surface area contributed by atoms with Crippen molar-refractivity contribution in [3.05, 3.63) is 34.8 Å². The van der Waals surface area contributed by atoms with E-state index >= 15 is 0 Å². The van der Waals surface area contributed by atoms with Crippen LogP contribution in [0.3, 0.4) is 0 Å². The Morgan fingerprint density at radius 3 is 2.89 bits per heavy atom. The summed E-state index contributed by atoms with van der Waals surface area (Å²) in [5, 5.41) is 3.51. The van der Waals surface area contributed by atoms with Crippen molar-refractivity contribution in [3.8, 4) is 11.3 Å². The van der Waals surface area contributed by atoms with Crippen LogP contribution in [0.4, 0.5) is 5.00 Å². The van der Waals surface area contributed by atoms with Crippen LogP contribution in [0.2, 0.25) is 0 Å². The maximum atomic E-state index is 12.0. The molecule has 2 aromatic rings. The predicted molar refractivity (Wildman–Crippen MR) is 79.3 cm³/mol. The molecule has 4 nitrogen and oxygen atoms in total. The summed E-state index contributed by atoms with van der Waals surface area (Å²) in [5.41, 5.74) is 8.61. The molecule has 100 valence electrons. The zero-order valence-corrected chi connectivity index (χ0v) is 11.9. The number of nitrogen functional groups attached to an aromatic ring is 1. The molecule has 0 saturated heterocycles. The summed E-state index contributed by atoms with van der Waals surface area (Å²) in [6.45, 7) is 4.61. The third kappa shape index (κ3) is 2.76. The minimum absolute atomic E-state index is 0.0572. The normalized spacial score (nSPS) is 10.4. The van der Waals surface area contributed by atoms with Gasteiger partial charge in [-0.3, -0.25) is 9.78 Å². The molecule has 0 spiro atoms. The Morgan fingerprint density at radius 2 is 2.26 bits per heavy atom. The van der Waals surface area contributed by atoms with E-state index < -0.39 is 0 Å². The van der Waals surface area contributed by atoms with Crippen LogP contribution in [0.15, 0.2) is 24.4 Å².